The normalized spacial score (nSPS) is 20.6. The van der Waals surface area contributed by atoms with E-state index < -0.39 is 17.7 Å². The molecule has 0 bridgehead atoms. The smallest absolute Gasteiger partial charge is 0.246 e. The molecule has 2 unspecified atom stereocenters. The van der Waals surface area contributed by atoms with E-state index in [1.54, 1.807) is 0 Å². The summed E-state index contributed by atoms with van der Waals surface area (Å²) in [6.07, 6.45) is 0.588. The van der Waals surface area contributed by atoms with E-state index in [1.165, 1.54) is 19.2 Å². The average Bonchev–Trinajstić information content (AvgIpc) is 3.23. The third-order valence-electron chi connectivity index (χ3n) is 4.02. The summed E-state index contributed by atoms with van der Waals surface area (Å²) in [5, 5.41) is 5.44. The summed E-state index contributed by atoms with van der Waals surface area (Å²) in [4.78, 5) is 24.0. The average molecular weight is 340 g/mol. The van der Waals surface area contributed by atoms with Crippen molar-refractivity contribution >= 4 is 11.8 Å². The molecule has 0 aromatic heterocycles. The van der Waals surface area contributed by atoms with Gasteiger partial charge in [-0.15, -0.1) is 0 Å². The van der Waals surface area contributed by atoms with E-state index in [0.29, 0.717) is 12.0 Å². The zero-order valence-corrected chi connectivity index (χ0v) is 13.9. The Hall–Kier alpha value is -2.02. The molecule has 1 saturated carbocycles. The van der Waals surface area contributed by atoms with Crippen LogP contribution in [0.3, 0.4) is 0 Å². The molecule has 2 amide bonds. The molecule has 0 radical (unpaired) electrons. The highest BCUT2D eigenvalue weighted by Gasteiger charge is 2.42. The minimum atomic E-state index is -0.688. The fourth-order valence-corrected chi connectivity index (χ4v) is 2.65. The van der Waals surface area contributed by atoms with E-state index in [-0.39, 0.29) is 36.3 Å². The van der Waals surface area contributed by atoms with Crippen LogP contribution in [0.15, 0.2) is 18.2 Å². The Kier molecular flexibility index (Phi) is 5.88. The van der Waals surface area contributed by atoms with Gasteiger partial charge in [0.1, 0.15) is 24.3 Å². The maximum absolute atomic E-state index is 13.8. The highest BCUT2D eigenvalue weighted by molar-refractivity contribution is 5.88. The maximum atomic E-state index is 13.8. The lowest BCUT2D eigenvalue weighted by molar-refractivity contribution is -0.132. The number of ether oxygens (including phenoxy) is 1. The van der Waals surface area contributed by atoms with Crippen molar-refractivity contribution in [1.29, 1.82) is 0 Å². The van der Waals surface area contributed by atoms with Crippen LogP contribution in [0.5, 0.6) is 0 Å². The summed E-state index contributed by atoms with van der Waals surface area (Å²) in [5.74, 6) is -2.20. The first-order valence-electron chi connectivity index (χ1n) is 7.87. The van der Waals surface area contributed by atoms with Gasteiger partial charge in [0.25, 0.3) is 0 Å². The van der Waals surface area contributed by atoms with Gasteiger partial charge in [-0.1, -0.05) is 19.9 Å². The van der Waals surface area contributed by atoms with Crippen molar-refractivity contribution in [3.05, 3.63) is 35.4 Å². The number of rotatable bonds is 7. The number of hydrogen-bond donors (Lipinski definition) is 2. The van der Waals surface area contributed by atoms with Crippen LogP contribution in [0.2, 0.25) is 0 Å². The van der Waals surface area contributed by atoms with Gasteiger partial charge in [-0.3, -0.25) is 9.59 Å². The first-order valence-corrected chi connectivity index (χ1v) is 7.87. The number of halogens is 2. The van der Waals surface area contributed by atoms with Crippen LogP contribution in [0.4, 0.5) is 8.78 Å². The molecule has 1 aromatic carbocycles. The molecule has 5 nitrogen and oxygen atoms in total. The Bertz CT molecular complexity index is 622. The lowest BCUT2D eigenvalue weighted by Crippen LogP contribution is -2.51. The molecule has 24 heavy (non-hydrogen) atoms. The van der Waals surface area contributed by atoms with Gasteiger partial charge in [0.15, 0.2) is 0 Å². The van der Waals surface area contributed by atoms with Gasteiger partial charge in [-0.05, 0) is 24.0 Å². The molecule has 1 fully saturated rings. The zero-order valence-electron chi connectivity index (χ0n) is 13.9. The second kappa shape index (κ2) is 7.70. The first-order chi connectivity index (χ1) is 11.3. The second-order valence-corrected chi connectivity index (χ2v) is 6.35. The van der Waals surface area contributed by atoms with Crippen molar-refractivity contribution < 1.29 is 23.1 Å². The Morgan fingerprint density at radius 1 is 1.33 bits per heavy atom. The minimum absolute atomic E-state index is 0.106. The summed E-state index contributed by atoms with van der Waals surface area (Å²) >= 11 is 0. The molecule has 3 atom stereocenters. The molecule has 2 rings (SSSR count). The monoisotopic (exact) mass is 340 g/mol. The van der Waals surface area contributed by atoms with Gasteiger partial charge < -0.3 is 15.4 Å². The highest BCUT2D eigenvalue weighted by Crippen LogP contribution is 2.42. The third kappa shape index (κ3) is 4.50. The number of carbonyl (C=O) groups excluding carboxylic acids is 2. The molecule has 0 aliphatic heterocycles. The largest absolute Gasteiger partial charge is 0.375 e. The van der Waals surface area contributed by atoms with Crippen molar-refractivity contribution in [2.24, 2.45) is 5.92 Å². The van der Waals surface area contributed by atoms with Crippen LogP contribution >= 0.6 is 0 Å². The molecule has 1 aliphatic rings. The fraction of sp³-hybridized carbons (Fsp3) is 0.529. The predicted molar refractivity (Wildman–Crippen MR) is 84.3 cm³/mol. The molecule has 0 saturated heterocycles. The van der Waals surface area contributed by atoms with Crippen molar-refractivity contribution in [3.63, 3.8) is 0 Å². The molecular weight excluding hydrogens is 318 g/mol. The summed E-state index contributed by atoms with van der Waals surface area (Å²) < 4.78 is 31.5. The molecule has 1 aromatic rings. The topological polar surface area (TPSA) is 67.4 Å². The number of benzene rings is 1. The van der Waals surface area contributed by atoms with Crippen molar-refractivity contribution in [2.45, 2.75) is 38.3 Å². The third-order valence-corrected chi connectivity index (χ3v) is 4.02. The Morgan fingerprint density at radius 2 is 2.04 bits per heavy atom. The van der Waals surface area contributed by atoms with E-state index in [4.69, 9.17) is 4.74 Å². The molecule has 2 N–H and O–H groups in total. The van der Waals surface area contributed by atoms with Crippen LogP contribution in [-0.2, 0) is 14.3 Å². The van der Waals surface area contributed by atoms with E-state index in [9.17, 15) is 18.4 Å². The summed E-state index contributed by atoms with van der Waals surface area (Å²) in [5.41, 5.74) is 0.395. The van der Waals surface area contributed by atoms with Gasteiger partial charge in [0.2, 0.25) is 11.8 Å². The van der Waals surface area contributed by atoms with Crippen LogP contribution in [0, 0.1) is 17.6 Å². The lowest BCUT2D eigenvalue weighted by Gasteiger charge is -2.21. The summed E-state index contributed by atoms with van der Waals surface area (Å²) in [6, 6.07) is 2.55. The van der Waals surface area contributed by atoms with Crippen LogP contribution in [0.1, 0.15) is 31.7 Å². The van der Waals surface area contributed by atoms with E-state index in [2.05, 4.69) is 10.6 Å². The molecule has 1 aliphatic carbocycles. The maximum Gasteiger partial charge on any atom is 0.246 e. The van der Waals surface area contributed by atoms with E-state index in [0.717, 1.165) is 6.07 Å². The summed E-state index contributed by atoms with van der Waals surface area (Å²) in [6.45, 7) is 3.52. The SMILES string of the molecule is COCC(=O)N[C@H](C(=O)NC1CC1c1ccc(F)cc1F)C(C)C. The molecule has 7 heteroatoms. The van der Waals surface area contributed by atoms with Gasteiger partial charge >= 0.3 is 0 Å². The number of hydrogen-bond acceptors (Lipinski definition) is 3. The first kappa shape index (κ1) is 18.3. The second-order valence-electron chi connectivity index (χ2n) is 6.35. The van der Waals surface area contributed by atoms with Crippen molar-refractivity contribution in [1.82, 2.24) is 10.6 Å². The van der Waals surface area contributed by atoms with Gasteiger partial charge in [0, 0.05) is 25.1 Å². The predicted octanol–water partition coefficient (Wildman–Crippen LogP) is 1.72. The number of amides is 2. The van der Waals surface area contributed by atoms with Crippen LogP contribution < -0.4 is 10.6 Å². The summed E-state index contributed by atoms with van der Waals surface area (Å²) in [7, 11) is 1.40. The van der Waals surface area contributed by atoms with E-state index in [1.807, 2.05) is 13.8 Å². The van der Waals surface area contributed by atoms with Crippen molar-refractivity contribution in [2.75, 3.05) is 13.7 Å². The Labute approximate surface area is 139 Å². The molecular formula is C17H22F2N2O3. The quantitative estimate of drug-likeness (QED) is 0.794. The standard InChI is InChI=1S/C17H22F2N2O3/c1-9(2)16(21-15(22)8-24-3)17(23)20-14-7-12(14)11-5-4-10(18)6-13(11)19/h4-6,9,12,14,16H,7-8H2,1-3H3,(H,20,23)(H,21,22)/t12?,14?,16-/m0/s1. The minimum Gasteiger partial charge on any atom is -0.375 e. The van der Waals surface area contributed by atoms with Crippen LogP contribution in [0.25, 0.3) is 0 Å². The Balaban J connectivity index is 1.95. The van der Waals surface area contributed by atoms with Crippen molar-refractivity contribution in [3.8, 4) is 0 Å². The fourth-order valence-electron chi connectivity index (χ4n) is 2.65. The number of methoxy groups -OCH3 is 1. The number of carbonyl (C=O) groups is 2. The van der Waals surface area contributed by atoms with E-state index >= 15 is 0 Å². The molecule has 0 spiro atoms. The van der Waals surface area contributed by atoms with Gasteiger partial charge in [-0.25, -0.2) is 8.78 Å². The van der Waals surface area contributed by atoms with Gasteiger partial charge in [0.05, 0.1) is 0 Å². The Morgan fingerprint density at radius 3 is 2.62 bits per heavy atom. The van der Waals surface area contributed by atoms with Crippen LogP contribution in [-0.4, -0.2) is 37.6 Å². The molecule has 0 heterocycles. The highest BCUT2D eigenvalue weighted by atomic mass is 19.1. The lowest BCUT2D eigenvalue weighted by atomic mass is 10.0. The molecule has 132 valence electrons. The zero-order chi connectivity index (χ0) is 17.9. The number of nitrogens with one attached hydrogen (secondary N) is 2. The van der Waals surface area contributed by atoms with Gasteiger partial charge in [-0.2, -0.15) is 0 Å².